The molecule has 4 rings (SSSR count). The maximum Gasteiger partial charge on any atom is 0.270 e. The Kier molecular flexibility index (Phi) is 4.14. The summed E-state index contributed by atoms with van der Waals surface area (Å²) in [4.78, 5) is 21.3. The van der Waals surface area contributed by atoms with Gasteiger partial charge in [0.25, 0.3) is 11.7 Å². The topological polar surface area (TPSA) is 90.0 Å². The summed E-state index contributed by atoms with van der Waals surface area (Å²) in [6.07, 6.45) is 3.13. The second kappa shape index (κ2) is 6.75. The lowest BCUT2D eigenvalue weighted by Crippen LogP contribution is -2.29. The predicted octanol–water partition coefficient (Wildman–Crippen LogP) is 1.73. The van der Waals surface area contributed by atoms with E-state index < -0.39 is 0 Å². The molecule has 0 radical (unpaired) electrons. The van der Waals surface area contributed by atoms with Crippen LogP contribution in [-0.4, -0.2) is 41.8 Å². The van der Waals surface area contributed by atoms with Gasteiger partial charge in [0.1, 0.15) is 12.0 Å². The van der Waals surface area contributed by atoms with Gasteiger partial charge < -0.3 is 5.32 Å². The summed E-state index contributed by atoms with van der Waals surface area (Å²) < 4.78 is 3.29. The summed E-state index contributed by atoms with van der Waals surface area (Å²) in [7, 11) is 0. The van der Waals surface area contributed by atoms with Crippen molar-refractivity contribution in [3.8, 4) is 11.3 Å². The van der Waals surface area contributed by atoms with Gasteiger partial charge in [0, 0.05) is 24.0 Å². The molecule has 0 aliphatic rings. The number of fused-ring (bicyclic) bond motifs is 1. The Balaban J connectivity index is 1.59. The summed E-state index contributed by atoms with van der Waals surface area (Å²) in [6, 6.07) is 13.3. The van der Waals surface area contributed by atoms with Gasteiger partial charge in [-0.25, -0.2) is 4.98 Å². The molecule has 3 aromatic heterocycles. The Morgan fingerprint density at radius 3 is 2.77 bits per heavy atom. The van der Waals surface area contributed by atoms with Crippen molar-refractivity contribution in [3.63, 3.8) is 0 Å². The average molecular weight is 347 g/mol. The normalized spacial score (nSPS) is 11.0. The number of aromatic nitrogens is 6. The minimum absolute atomic E-state index is 0.232. The molecule has 1 aromatic carbocycles. The Labute approximate surface area is 149 Å². The average Bonchev–Trinajstić information content (AvgIpc) is 3.30. The number of amides is 1. The number of hydrogen-bond donors (Lipinski definition) is 1. The fraction of sp³-hybridized carbons (Fsp3) is 0.167. The van der Waals surface area contributed by atoms with E-state index in [0.29, 0.717) is 30.3 Å². The van der Waals surface area contributed by atoms with Crippen LogP contribution in [0.25, 0.3) is 17.0 Å². The monoisotopic (exact) mass is 347 g/mol. The van der Waals surface area contributed by atoms with Gasteiger partial charge in [-0.15, -0.1) is 0 Å². The first-order valence-corrected chi connectivity index (χ1v) is 8.25. The number of benzene rings is 1. The molecule has 0 saturated heterocycles. The van der Waals surface area contributed by atoms with Crippen molar-refractivity contribution in [2.75, 3.05) is 6.54 Å². The van der Waals surface area contributed by atoms with Crippen molar-refractivity contribution >= 4 is 11.7 Å². The first-order chi connectivity index (χ1) is 12.7. The molecular weight excluding hydrogens is 330 g/mol. The number of aryl methyl sites for hydroxylation is 1. The van der Waals surface area contributed by atoms with Crippen molar-refractivity contribution in [3.05, 3.63) is 66.4 Å². The van der Waals surface area contributed by atoms with Crippen LogP contribution in [0.15, 0.2) is 55.0 Å². The Hall–Kier alpha value is -3.55. The highest BCUT2D eigenvalue weighted by atomic mass is 16.2. The predicted molar refractivity (Wildman–Crippen MR) is 95.5 cm³/mol. The molecule has 0 aliphatic heterocycles. The van der Waals surface area contributed by atoms with E-state index in [2.05, 4.69) is 25.5 Å². The fourth-order valence-corrected chi connectivity index (χ4v) is 2.73. The zero-order chi connectivity index (χ0) is 17.9. The van der Waals surface area contributed by atoms with E-state index in [1.807, 2.05) is 48.0 Å². The van der Waals surface area contributed by atoms with E-state index >= 15 is 0 Å². The van der Waals surface area contributed by atoms with Crippen LogP contribution in [-0.2, 0) is 6.54 Å². The number of rotatable bonds is 5. The molecule has 1 N–H and O–H groups in total. The van der Waals surface area contributed by atoms with Gasteiger partial charge in [0.2, 0.25) is 0 Å². The molecule has 0 saturated carbocycles. The van der Waals surface area contributed by atoms with E-state index in [1.165, 1.54) is 10.8 Å². The Morgan fingerprint density at radius 1 is 1.15 bits per heavy atom. The molecule has 130 valence electrons. The molecule has 0 spiro atoms. The van der Waals surface area contributed by atoms with Crippen molar-refractivity contribution in [1.82, 2.24) is 34.7 Å². The molecule has 26 heavy (non-hydrogen) atoms. The fourth-order valence-electron chi connectivity index (χ4n) is 2.73. The minimum atomic E-state index is -0.232. The summed E-state index contributed by atoms with van der Waals surface area (Å²) in [5, 5.41) is 11.2. The molecule has 0 atom stereocenters. The summed E-state index contributed by atoms with van der Waals surface area (Å²) in [6.45, 7) is 3.03. The van der Waals surface area contributed by atoms with Gasteiger partial charge in [-0.2, -0.15) is 19.7 Å². The van der Waals surface area contributed by atoms with Crippen LogP contribution < -0.4 is 5.32 Å². The molecule has 4 aromatic rings. The van der Waals surface area contributed by atoms with Crippen LogP contribution in [0.4, 0.5) is 0 Å². The second-order valence-corrected chi connectivity index (χ2v) is 5.82. The molecule has 3 heterocycles. The third-order valence-corrected chi connectivity index (χ3v) is 4.09. The van der Waals surface area contributed by atoms with Gasteiger partial charge in [-0.3, -0.25) is 9.48 Å². The summed E-state index contributed by atoms with van der Waals surface area (Å²) in [5.41, 5.74) is 3.04. The maximum absolute atomic E-state index is 12.7. The first kappa shape index (κ1) is 15.9. The van der Waals surface area contributed by atoms with Crippen molar-refractivity contribution in [2.45, 2.75) is 13.5 Å². The third kappa shape index (κ3) is 3.04. The van der Waals surface area contributed by atoms with Gasteiger partial charge in [-0.1, -0.05) is 30.3 Å². The highest BCUT2D eigenvalue weighted by molar-refractivity contribution is 5.94. The van der Waals surface area contributed by atoms with Crippen molar-refractivity contribution < 1.29 is 4.79 Å². The van der Waals surface area contributed by atoms with Gasteiger partial charge in [0.05, 0.1) is 12.2 Å². The quantitative estimate of drug-likeness (QED) is 0.594. The molecule has 8 heteroatoms. The van der Waals surface area contributed by atoms with Crippen molar-refractivity contribution in [1.29, 1.82) is 0 Å². The van der Waals surface area contributed by atoms with E-state index in [9.17, 15) is 4.79 Å². The number of nitrogens with zero attached hydrogens (tertiary/aromatic N) is 6. The highest BCUT2D eigenvalue weighted by Crippen LogP contribution is 2.18. The third-order valence-electron chi connectivity index (χ3n) is 4.09. The standard InChI is InChI=1S/C18H17N7O/c1-13-7-8-21-24(13)10-9-19-17(26)16-11-15(14-5-3-2-4-6-14)23-18-20-12-22-25(16)18/h2-8,11-12H,9-10H2,1H3,(H,19,26). The van der Waals surface area contributed by atoms with Crippen LogP contribution in [0.5, 0.6) is 0 Å². The van der Waals surface area contributed by atoms with Crippen LogP contribution in [0.1, 0.15) is 16.2 Å². The lowest BCUT2D eigenvalue weighted by Gasteiger charge is -2.09. The zero-order valence-electron chi connectivity index (χ0n) is 14.2. The largest absolute Gasteiger partial charge is 0.349 e. The number of carbonyl (C=O) groups is 1. The van der Waals surface area contributed by atoms with Crippen LogP contribution in [0.3, 0.4) is 0 Å². The van der Waals surface area contributed by atoms with Gasteiger partial charge in [-0.05, 0) is 19.1 Å². The SMILES string of the molecule is Cc1ccnn1CCNC(=O)c1cc(-c2ccccc2)nc2ncnn12. The number of carbonyl (C=O) groups excluding carboxylic acids is 1. The van der Waals surface area contributed by atoms with Crippen LogP contribution in [0, 0.1) is 6.92 Å². The second-order valence-electron chi connectivity index (χ2n) is 5.82. The van der Waals surface area contributed by atoms with E-state index in [0.717, 1.165) is 11.3 Å². The number of nitrogens with one attached hydrogen (secondary N) is 1. The van der Waals surface area contributed by atoms with Gasteiger partial charge in [0.15, 0.2) is 0 Å². The molecule has 0 aliphatic carbocycles. The van der Waals surface area contributed by atoms with Crippen molar-refractivity contribution in [2.24, 2.45) is 0 Å². The van der Waals surface area contributed by atoms with E-state index in [1.54, 1.807) is 12.3 Å². The lowest BCUT2D eigenvalue weighted by atomic mass is 10.1. The molecule has 0 bridgehead atoms. The molecule has 0 unspecified atom stereocenters. The lowest BCUT2D eigenvalue weighted by molar-refractivity contribution is 0.0944. The smallest absolute Gasteiger partial charge is 0.270 e. The zero-order valence-corrected chi connectivity index (χ0v) is 14.2. The van der Waals surface area contributed by atoms with Gasteiger partial charge >= 0.3 is 0 Å². The van der Waals surface area contributed by atoms with Crippen LogP contribution >= 0.6 is 0 Å². The number of hydrogen-bond acceptors (Lipinski definition) is 5. The van der Waals surface area contributed by atoms with Crippen LogP contribution in [0.2, 0.25) is 0 Å². The van der Waals surface area contributed by atoms with E-state index in [-0.39, 0.29) is 5.91 Å². The Bertz CT molecular complexity index is 1050. The summed E-state index contributed by atoms with van der Waals surface area (Å²) in [5.74, 6) is 0.157. The molecular formula is C18H17N7O. The van der Waals surface area contributed by atoms with E-state index in [4.69, 9.17) is 0 Å². The highest BCUT2D eigenvalue weighted by Gasteiger charge is 2.15. The molecule has 1 amide bonds. The molecule has 0 fully saturated rings. The minimum Gasteiger partial charge on any atom is -0.349 e. The Morgan fingerprint density at radius 2 is 2.00 bits per heavy atom. The maximum atomic E-state index is 12.7. The first-order valence-electron chi connectivity index (χ1n) is 8.25. The molecule has 8 nitrogen and oxygen atoms in total. The summed E-state index contributed by atoms with van der Waals surface area (Å²) >= 11 is 0.